The molecule has 0 atom stereocenters. The molecule has 4 heteroatoms. The molecular weight excluding hydrogens is 156 g/mol. The number of carbonyl (C=O) groups excluding carboxylic acids is 2. The minimum absolute atomic E-state index is 0.140. The van der Waals surface area contributed by atoms with Gasteiger partial charge in [0.1, 0.15) is 17.0 Å². The van der Waals surface area contributed by atoms with Gasteiger partial charge in [0.15, 0.2) is 0 Å². The molecular formula is C8H12N2O2. The Balaban J connectivity index is 2.94. The summed E-state index contributed by atoms with van der Waals surface area (Å²) in [5.74, 6) is 0.124. The Hall–Kier alpha value is -1.19. The zero-order chi connectivity index (χ0) is 9.35. The Bertz CT molecular complexity index is 254. The van der Waals surface area contributed by atoms with E-state index in [2.05, 4.69) is 4.99 Å². The third kappa shape index (κ3) is 1.13. The van der Waals surface area contributed by atoms with Gasteiger partial charge in [-0.1, -0.05) is 0 Å². The van der Waals surface area contributed by atoms with E-state index in [0.29, 0.717) is 5.84 Å². The second-order valence-electron chi connectivity index (χ2n) is 3.18. The highest BCUT2D eigenvalue weighted by Gasteiger charge is 2.44. The van der Waals surface area contributed by atoms with Crippen LogP contribution in [0, 0.1) is 5.41 Å². The standard InChI is InChI=1S/C8H12N2O2/c1-5(11)8(6(2)12)3-7(9)10-4-8/h3-4H2,1-2H3,(H2,9,10). The van der Waals surface area contributed by atoms with Crippen molar-refractivity contribution in [3.8, 4) is 0 Å². The summed E-state index contributed by atoms with van der Waals surface area (Å²) in [5.41, 5.74) is 4.49. The third-order valence-electron chi connectivity index (χ3n) is 2.38. The number of amidine groups is 1. The third-order valence-corrected chi connectivity index (χ3v) is 2.38. The molecule has 0 saturated heterocycles. The van der Waals surface area contributed by atoms with Crippen molar-refractivity contribution in [2.24, 2.45) is 16.1 Å². The normalized spacial score (nSPS) is 20.3. The predicted octanol–water partition coefficient (Wildman–Crippen LogP) is -0.0883. The van der Waals surface area contributed by atoms with Crippen LogP contribution in [0.4, 0.5) is 0 Å². The summed E-state index contributed by atoms with van der Waals surface area (Å²) in [6.45, 7) is 3.05. The van der Waals surface area contributed by atoms with E-state index >= 15 is 0 Å². The smallest absolute Gasteiger partial charge is 0.145 e. The highest BCUT2D eigenvalue weighted by molar-refractivity contribution is 6.10. The largest absolute Gasteiger partial charge is 0.387 e. The second kappa shape index (κ2) is 2.69. The van der Waals surface area contributed by atoms with Gasteiger partial charge in [-0.3, -0.25) is 14.6 Å². The highest BCUT2D eigenvalue weighted by atomic mass is 16.2. The lowest BCUT2D eigenvalue weighted by Gasteiger charge is -2.20. The van der Waals surface area contributed by atoms with E-state index in [-0.39, 0.29) is 24.5 Å². The lowest BCUT2D eigenvalue weighted by Crippen LogP contribution is -2.38. The highest BCUT2D eigenvalue weighted by Crippen LogP contribution is 2.29. The zero-order valence-corrected chi connectivity index (χ0v) is 7.26. The van der Waals surface area contributed by atoms with Crippen molar-refractivity contribution >= 4 is 17.4 Å². The van der Waals surface area contributed by atoms with Crippen LogP contribution in [0.25, 0.3) is 0 Å². The van der Waals surface area contributed by atoms with Gasteiger partial charge < -0.3 is 5.73 Å². The minimum atomic E-state index is -0.940. The Morgan fingerprint density at radius 3 is 2.08 bits per heavy atom. The van der Waals surface area contributed by atoms with E-state index in [0.717, 1.165) is 0 Å². The number of hydrogen-bond donors (Lipinski definition) is 1. The van der Waals surface area contributed by atoms with Crippen LogP contribution in [0.1, 0.15) is 20.3 Å². The Morgan fingerprint density at radius 1 is 1.42 bits per heavy atom. The SMILES string of the molecule is CC(=O)C1(C(C)=O)CN=C(N)C1. The number of Topliss-reactive ketones (excluding diaryl/α,β-unsaturated/α-hetero) is 2. The Labute approximate surface area is 70.8 Å². The van der Waals surface area contributed by atoms with Crippen molar-refractivity contribution in [2.75, 3.05) is 6.54 Å². The van der Waals surface area contributed by atoms with Crippen LogP contribution in [0.15, 0.2) is 4.99 Å². The molecule has 0 aromatic heterocycles. The van der Waals surface area contributed by atoms with E-state index in [1.165, 1.54) is 13.8 Å². The number of aliphatic imine (C=N–C) groups is 1. The van der Waals surface area contributed by atoms with E-state index in [1.807, 2.05) is 0 Å². The van der Waals surface area contributed by atoms with Crippen molar-refractivity contribution in [2.45, 2.75) is 20.3 Å². The molecule has 0 aromatic carbocycles. The average molecular weight is 168 g/mol. The fraction of sp³-hybridized carbons (Fsp3) is 0.625. The van der Waals surface area contributed by atoms with E-state index in [1.54, 1.807) is 0 Å². The lowest BCUT2D eigenvalue weighted by atomic mass is 9.79. The molecule has 1 heterocycles. The molecule has 0 unspecified atom stereocenters. The summed E-state index contributed by atoms with van der Waals surface area (Å²) >= 11 is 0. The molecule has 0 spiro atoms. The van der Waals surface area contributed by atoms with Crippen LogP contribution in [0.3, 0.4) is 0 Å². The Kier molecular flexibility index (Phi) is 2.00. The van der Waals surface area contributed by atoms with Crippen molar-refractivity contribution in [1.82, 2.24) is 0 Å². The number of nitrogens with two attached hydrogens (primary N) is 1. The van der Waals surface area contributed by atoms with Gasteiger partial charge in [0.2, 0.25) is 0 Å². The molecule has 1 rings (SSSR count). The number of rotatable bonds is 2. The second-order valence-corrected chi connectivity index (χ2v) is 3.18. The predicted molar refractivity (Wildman–Crippen MR) is 44.9 cm³/mol. The monoisotopic (exact) mass is 168 g/mol. The molecule has 0 saturated carbocycles. The molecule has 1 aliphatic heterocycles. The first-order valence-corrected chi connectivity index (χ1v) is 3.80. The first kappa shape index (κ1) is 8.90. The minimum Gasteiger partial charge on any atom is -0.387 e. The maximum atomic E-state index is 11.2. The molecule has 0 radical (unpaired) electrons. The van der Waals surface area contributed by atoms with Gasteiger partial charge in [-0.25, -0.2) is 0 Å². The fourth-order valence-electron chi connectivity index (χ4n) is 1.38. The maximum absolute atomic E-state index is 11.2. The van der Waals surface area contributed by atoms with Gasteiger partial charge in [-0.2, -0.15) is 0 Å². The summed E-state index contributed by atoms with van der Waals surface area (Å²) in [5, 5.41) is 0. The van der Waals surface area contributed by atoms with Gasteiger partial charge in [-0.15, -0.1) is 0 Å². The topological polar surface area (TPSA) is 72.5 Å². The molecule has 66 valence electrons. The van der Waals surface area contributed by atoms with Crippen molar-refractivity contribution < 1.29 is 9.59 Å². The van der Waals surface area contributed by atoms with E-state index < -0.39 is 5.41 Å². The van der Waals surface area contributed by atoms with Crippen LogP contribution in [0.5, 0.6) is 0 Å². The summed E-state index contributed by atoms with van der Waals surface area (Å²) in [6.07, 6.45) is 0.289. The maximum Gasteiger partial charge on any atom is 0.145 e. The summed E-state index contributed by atoms with van der Waals surface area (Å²) < 4.78 is 0. The molecule has 0 bridgehead atoms. The lowest BCUT2D eigenvalue weighted by molar-refractivity contribution is -0.136. The van der Waals surface area contributed by atoms with Gasteiger partial charge >= 0.3 is 0 Å². The zero-order valence-electron chi connectivity index (χ0n) is 7.26. The number of carbonyl (C=O) groups is 2. The van der Waals surface area contributed by atoms with Crippen LogP contribution < -0.4 is 5.73 Å². The molecule has 12 heavy (non-hydrogen) atoms. The molecule has 0 fully saturated rings. The van der Waals surface area contributed by atoms with E-state index in [9.17, 15) is 9.59 Å². The van der Waals surface area contributed by atoms with Gasteiger partial charge in [0.25, 0.3) is 0 Å². The summed E-state index contributed by atoms with van der Waals surface area (Å²) in [4.78, 5) is 26.3. The van der Waals surface area contributed by atoms with Crippen molar-refractivity contribution in [3.05, 3.63) is 0 Å². The van der Waals surface area contributed by atoms with Gasteiger partial charge in [-0.05, 0) is 13.8 Å². The van der Waals surface area contributed by atoms with Crippen molar-refractivity contribution in [1.29, 1.82) is 0 Å². The van der Waals surface area contributed by atoms with Crippen LogP contribution in [0.2, 0.25) is 0 Å². The first-order chi connectivity index (χ1) is 5.49. The van der Waals surface area contributed by atoms with Crippen LogP contribution in [-0.2, 0) is 9.59 Å². The quantitative estimate of drug-likeness (QED) is 0.586. The first-order valence-electron chi connectivity index (χ1n) is 3.80. The van der Waals surface area contributed by atoms with Crippen molar-refractivity contribution in [3.63, 3.8) is 0 Å². The summed E-state index contributed by atoms with van der Waals surface area (Å²) in [7, 11) is 0. The molecule has 2 N–H and O–H groups in total. The van der Waals surface area contributed by atoms with Crippen LogP contribution in [-0.4, -0.2) is 23.9 Å². The average Bonchev–Trinajstić information content (AvgIpc) is 2.32. The molecule has 0 aliphatic carbocycles. The van der Waals surface area contributed by atoms with Crippen LogP contribution >= 0.6 is 0 Å². The fourth-order valence-corrected chi connectivity index (χ4v) is 1.38. The number of hydrogen-bond acceptors (Lipinski definition) is 4. The van der Waals surface area contributed by atoms with E-state index in [4.69, 9.17) is 5.73 Å². The molecule has 0 aromatic rings. The van der Waals surface area contributed by atoms with Gasteiger partial charge in [0, 0.05) is 6.42 Å². The Morgan fingerprint density at radius 2 is 1.92 bits per heavy atom. The number of nitrogens with zero attached hydrogens (tertiary/aromatic N) is 1. The number of ketones is 2. The summed E-state index contributed by atoms with van der Waals surface area (Å²) in [6, 6.07) is 0. The molecule has 1 aliphatic rings. The molecule has 0 amide bonds. The van der Waals surface area contributed by atoms with Gasteiger partial charge in [0.05, 0.1) is 12.4 Å². The molecule has 4 nitrogen and oxygen atoms in total.